The summed E-state index contributed by atoms with van der Waals surface area (Å²) in [4.78, 5) is 58.4. The Morgan fingerprint density at radius 2 is 1.65 bits per heavy atom. The van der Waals surface area contributed by atoms with Crippen LogP contribution in [0.2, 0.25) is 5.02 Å². The zero-order chi connectivity index (χ0) is 32.7. The molecule has 236 valence electrons. The van der Waals surface area contributed by atoms with E-state index >= 15 is 4.79 Å². The first-order valence-electron chi connectivity index (χ1n) is 14.6. The molecule has 0 bridgehead atoms. The van der Waals surface area contributed by atoms with E-state index in [0.29, 0.717) is 11.1 Å². The number of carbonyl (C=O) groups excluding carboxylic acids is 4. The number of anilines is 1. The molecule has 2 heterocycles. The van der Waals surface area contributed by atoms with Gasteiger partial charge in [-0.05, 0) is 60.7 Å². The predicted molar refractivity (Wildman–Crippen MR) is 159 cm³/mol. The van der Waals surface area contributed by atoms with Gasteiger partial charge in [0.05, 0.1) is 28.9 Å². The molecule has 6 atom stereocenters. The average molecular weight is 651 g/mol. The average Bonchev–Trinajstić information content (AvgIpc) is 3.38. The van der Waals surface area contributed by atoms with Crippen LogP contribution in [0.5, 0.6) is 11.5 Å². The summed E-state index contributed by atoms with van der Waals surface area (Å²) in [6.07, 6.45) is -3.16. The van der Waals surface area contributed by atoms with Gasteiger partial charge in [0.15, 0.2) is 0 Å². The van der Waals surface area contributed by atoms with Gasteiger partial charge in [0, 0.05) is 23.6 Å². The van der Waals surface area contributed by atoms with Crippen LogP contribution in [-0.2, 0) is 24.6 Å². The van der Waals surface area contributed by atoms with E-state index < -0.39 is 70.6 Å². The number of imide groups is 2. The van der Waals surface area contributed by atoms with E-state index in [0.717, 1.165) is 28.0 Å². The molecule has 12 heteroatoms. The summed E-state index contributed by atoms with van der Waals surface area (Å²) >= 11 is 6.27. The molecule has 3 aromatic carbocycles. The first-order chi connectivity index (χ1) is 21.8. The van der Waals surface area contributed by atoms with Crippen LogP contribution < -0.4 is 9.64 Å². The van der Waals surface area contributed by atoms with E-state index in [1.54, 1.807) is 54.6 Å². The standard InChI is InChI=1S/C34H26ClF3N2O6/c1-39-29(42)22-12-11-21-23(27(22)31(39)44)16-25-30(43)40(19-9-5-8-18(35)14-19)32(45)33(25,17-6-3-2-4-7-17)28(21)24-15-20(10-13-26(24)41)46-34(36,37)38/h2-11,13-15,22-23,25,27-28,41H,12,16H2,1H3/t22-,23+,25-,27-,28+,33+/m0/s1. The maximum Gasteiger partial charge on any atom is 0.573 e. The minimum atomic E-state index is -5.05. The van der Waals surface area contributed by atoms with Crippen LogP contribution in [0.4, 0.5) is 18.9 Å². The number of amides is 4. The highest BCUT2D eigenvalue weighted by Crippen LogP contribution is 2.65. The highest BCUT2D eigenvalue weighted by atomic mass is 35.5. The van der Waals surface area contributed by atoms with Crippen LogP contribution in [0.25, 0.3) is 0 Å². The fourth-order valence-electron chi connectivity index (χ4n) is 8.21. The summed E-state index contributed by atoms with van der Waals surface area (Å²) in [5, 5.41) is 11.6. The maximum atomic E-state index is 15.1. The Balaban J connectivity index is 1.53. The third-order valence-corrected chi connectivity index (χ3v) is 10.2. The number of aromatic hydroxyl groups is 1. The van der Waals surface area contributed by atoms with Gasteiger partial charge in [0.25, 0.3) is 0 Å². The number of hydrogen-bond acceptors (Lipinski definition) is 6. The molecule has 2 aliphatic carbocycles. The van der Waals surface area contributed by atoms with Crippen molar-refractivity contribution in [3.8, 4) is 11.5 Å². The molecule has 3 aromatic rings. The second kappa shape index (κ2) is 10.4. The van der Waals surface area contributed by atoms with Crippen LogP contribution in [0.3, 0.4) is 0 Å². The number of allylic oxidation sites excluding steroid dienone is 2. The van der Waals surface area contributed by atoms with Crippen LogP contribution in [-0.4, -0.2) is 47.0 Å². The smallest absolute Gasteiger partial charge is 0.508 e. The first kappa shape index (κ1) is 30.0. The molecule has 0 unspecified atom stereocenters. The number of hydrogen-bond donors (Lipinski definition) is 1. The van der Waals surface area contributed by atoms with Crippen molar-refractivity contribution in [1.82, 2.24) is 4.90 Å². The number of phenolic OH excluding ortho intramolecular Hbond substituents is 1. The van der Waals surface area contributed by atoms with Gasteiger partial charge in [-0.25, -0.2) is 4.90 Å². The number of phenols is 1. The van der Waals surface area contributed by atoms with Gasteiger partial charge in [-0.2, -0.15) is 0 Å². The van der Waals surface area contributed by atoms with Crippen molar-refractivity contribution in [1.29, 1.82) is 0 Å². The predicted octanol–water partition coefficient (Wildman–Crippen LogP) is 5.74. The summed E-state index contributed by atoms with van der Waals surface area (Å²) in [7, 11) is 1.39. The van der Waals surface area contributed by atoms with E-state index in [4.69, 9.17) is 11.6 Å². The number of alkyl halides is 3. The normalized spacial score (nSPS) is 29.0. The number of halogens is 4. The monoisotopic (exact) mass is 650 g/mol. The summed E-state index contributed by atoms with van der Waals surface area (Å²) in [5.41, 5.74) is -0.745. The number of rotatable bonds is 4. The molecule has 0 spiro atoms. The molecule has 46 heavy (non-hydrogen) atoms. The fraction of sp³-hybridized carbons (Fsp3) is 0.294. The zero-order valence-electron chi connectivity index (χ0n) is 24.2. The molecule has 1 N–H and O–H groups in total. The lowest BCUT2D eigenvalue weighted by Crippen LogP contribution is -2.53. The van der Waals surface area contributed by atoms with Crippen molar-refractivity contribution in [3.63, 3.8) is 0 Å². The van der Waals surface area contributed by atoms with E-state index in [1.807, 2.05) is 0 Å². The Morgan fingerprint density at radius 3 is 2.35 bits per heavy atom. The molecule has 8 nitrogen and oxygen atoms in total. The van der Waals surface area contributed by atoms with Gasteiger partial charge in [0.1, 0.15) is 11.5 Å². The Morgan fingerprint density at radius 1 is 0.913 bits per heavy atom. The van der Waals surface area contributed by atoms with Crippen molar-refractivity contribution in [2.45, 2.75) is 30.5 Å². The summed E-state index contributed by atoms with van der Waals surface area (Å²) in [6.45, 7) is 0. The van der Waals surface area contributed by atoms with E-state index in [1.165, 1.54) is 13.1 Å². The Labute approximate surface area is 266 Å². The van der Waals surface area contributed by atoms with Gasteiger partial charge < -0.3 is 9.84 Å². The van der Waals surface area contributed by atoms with E-state index in [9.17, 15) is 32.7 Å². The summed E-state index contributed by atoms with van der Waals surface area (Å²) in [6, 6.07) is 17.7. The lowest BCUT2D eigenvalue weighted by atomic mass is 9.49. The number of fused-ring (bicyclic) bond motifs is 4. The molecule has 3 fully saturated rings. The lowest BCUT2D eigenvalue weighted by molar-refractivity contribution is -0.274. The van der Waals surface area contributed by atoms with Crippen LogP contribution in [0.1, 0.15) is 29.9 Å². The van der Waals surface area contributed by atoms with Crippen molar-refractivity contribution in [2.24, 2.45) is 23.7 Å². The molecule has 0 radical (unpaired) electrons. The molecule has 2 saturated heterocycles. The van der Waals surface area contributed by atoms with Crippen molar-refractivity contribution in [2.75, 3.05) is 11.9 Å². The number of likely N-dealkylation sites (tertiary alicyclic amines) is 1. The molecule has 0 aromatic heterocycles. The minimum Gasteiger partial charge on any atom is -0.508 e. The van der Waals surface area contributed by atoms with E-state index in [2.05, 4.69) is 4.74 Å². The summed E-state index contributed by atoms with van der Waals surface area (Å²) in [5.74, 6) is -7.72. The van der Waals surface area contributed by atoms with Gasteiger partial charge in [-0.1, -0.05) is 59.6 Å². The largest absolute Gasteiger partial charge is 0.573 e. The summed E-state index contributed by atoms with van der Waals surface area (Å²) < 4.78 is 44.4. The first-order valence-corrected chi connectivity index (χ1v) is 15.0. The van der Waals surface area contributed by atoms with Crippen LogP contribution >= 0.6 is 11.6 Å². The van der Waals surface area contributed by atoms with Crippen molar-refractivity contribution < 1.29 is 42.2 Å². The van der Waals surface area contributed by atoms with Gasteiger partial charge in [-0.15, -0.1) is 13.2 Å². The van der Waals surface area contributed by atoms with Gasteiger partial charge >= 0.3 is 6.36 Å². The Kier molecular flexibility index (Phi) is 6.82. The maximum absolute atomic E-state index is 15.1. The van der Waals surface area contributed by atoms with Gasteiger partial charge in [0.2, 0.25) is 23.6 Å². The lowest BCUT2D eigenvalue weighted by Gasteiger charge is -2.50. The topological polar surface area (TPSA) is 104 Å². The molecule has 4 amide bonds. The molecule has 1 saturated carbocycles. The number of ether oxygens (including phenoxy) is 1. The third kappa shape index (κ3) is 4.28. The molecule has 2 aliphatic heterocycles. The third-order valence-electron chi connectivity index (χ3n) is 9.93. The van der Waals surface area contributed by atoms with E-state index in [-0.39, 0.29) is 35.0 Å². The Hall–Kier alpha value is -4.64. The number of nitrogens with zero attached hydrogens (tertiary/aromatic N) is 2. The fourth-order valence-corrected chi connectivity index (χ4v) is 8.39. The number of benzene rings is 3. The molecular formula is C34H26ClF3N2O6. The molecule has 4 aliphatic rings. The van der Waals surface area contributed by atoms with Gasteiger partial charge in [-0.3, -0.25) is 24.1 Å². The number of carbonyl (C=O) groups is 4. The molecular weight excluding hydrogens is 625 g/mol. The highest BCUT2D eigenvalue weighted by Gasteiger charge is 2.70. The molecule has 7 rings (SSSR count). The second-order valence-electron chi connectivity index (χ2n) is 12.1. The Bertz CT molecular complexity index is 1850. The van der Waals surface area contributed by atoms with Crippen LogP contribution in [0.15, 0.2) is 84.4 Å². The SMILES string of the molecule is CN1C(=O)[C@H]2[C@H](CC=C3[C@H]2C[C@H]2C(=O)N(c4cccc(Cl)c4)C(=O)[C@@]2(c2ccccc2)[C@H]3c2cc(OC(F)(F)F)ccc2O)C1=O. The van der Waals surface area contributed by atoms with Crippen molar-refractivity contribution in [3.05, 3.63) is 101 Å². The highest BCUT2D eigenvalue weighted by molar-refractivity contribution is 6.32. The zero-order valence-corrected chi connectivity index (χ0v) is 25.0. The van der Waals surface area contributed by atoms with Crippen molar-refractivity contribution >= 4 is 40.9 Å². The van der Waals surface area contributed by atoms with Crippen LogP contribution in [0, 0.1) is 23.7 Å². The second-order valence-corrected chi connectivity index (χ2v) is 12.5. The minimum absolute atomic E-state index is 0.00635. The quantitative estimate of drug-likeness (QED) is 0.286.